The average molecular weight is 527 g/mol. The Bertz CT molecular complexity index is 1380. The molecular weight excluding hydrogens is 512 g/mol. The Balaban J connectivity index is 1.43. The van der Waals surface area contributed by atoms with Crippen molar-refractivity contribution < 1.29 is 19.2 Å². The third kappa shape index (κ3) is 5.65. The maximum atomic E-state index is 12.8. The molecule has 1 N–H and O–H groups in total. The molecule has 3 aromatic rings. The van der Waals surface area contributed by atoms with Crippen LogP contribution in [-0.2, 0) is 4.79 Å². The smallest absolute Gasteiger partial charge is 0.287 e. The Labute approximate surface area is 213 Å². The molecule has 12 heteroatoms. The number of pyridine rings is 1. The fraction of sp³-hybridized carbons (Fsp3) is 0.0435. The summed E-state index contributed by atoms with van der Waals surface area (Å²) in [6.45, 7) is 1.85. The molecule has 176 valence electrons. The van der Waals surface area contributed by atoms with Gasteiger partial charge in [-0.25, -0.2) is 4.98 Å². The summed E-state index contributed by atoms with van der Waals surface area (Å²) in [5.41, 5.74) is 4.20. The van der Waals surface area contributed by atoms with Crippen LogP contribution in [-0.4, -0.2) is 31.1 Å². The number of nitrogens with one attached hydrogen (secondary N) is 1. The normalized spacial score (nSPS) is 14.3. The second-order valence-corrected chi connectivity index (χ2v) is 9.31. The van der Waals surface area contributed by atoms with Crippen LogP contribution in [0.25, 0.3) is 6.08 Å². The van der Waals surface area contributed by atoms with Crippen LogP contribution in [0.4, 0.5) is 5.69 Å². The molecule has 0 bridgehead atoms. The van der Waals surface area contributed by atoms with Gasteiger partial charge in [0.2, 0.25) is 5.88 Å². The van der Waals surface area contributed by atoms with Crippen molar-refractivity contribution in [1.29, 1.82) is 0 Å². The van der Waals surface area contributed by atoms with Crippen LogP contribution in [0.1, 0.15) is 21.5 Å². The molecular formula is C23H15ClN4O5S2. The van der Waals surface area contributed by atoms with E-state index >= 15 is 0 Å². The maximum absolute atomic E-state index is 12.8. The monoisotopic (exact) mass is 526 g/mol. The Morgan fingerprint density at radius 2 is 1.97 bits per heavy atom. The van der Waals surface area contributed by atoms with E-state index < -0.39 is 16.7 Å². The minimum atomic E-state index is -0.547. The number of aromatic nitrogens is 1. The molecule has 0 atom stereocenters. The SMILES string of the molecule is Cc1ccc(C(=O)NN2C(=O)/C(=C/c3ccc(Oc4ccc([N+](=O)[O-])cn4)cc3)SC2=S)c(Cl)c1. The van der Waals surface area contributed by atoms with Crippen molar-refractivity contribution in [2.45, 2.75) is 6.92 Å². The standard InChI is InChI=1S/C23H15ClN4O5S2/c1-13-2-8-17(18(24)10-13)21(29)26-27-22(30)19(35-23(27)34)11-14-3-6-16(7-4-14)33-20-9-5-15(12-25-20)28(31)32/h2-12H,1H3,(H,26,29)/b19-11-. The van der Waals surface area contributed by atoms with Crippen molar-refractivity contribution >= 4 is 63.5 Å². The number of benzene rings is 2. The minimum Gasteiger partial charge on any atom is -0.439 e. The summed E-state index contributed by atoms with van der Waals surface area (Å²) >= 11 is 12.5. The first-order valence-electron chi connectivity index (χ1n) is 9.95. The second-order valence-electron chi connectivity index (χ2n) is 7.22. The number of nitrogens with zero attached hydrogens (tertiary/aromatic N) is 3. The number of amides is 2. The first-order valence-corrected chi connectivity index (χ1v) is 11.5. The second kappa shape index (κ2) is 10.2. The number of aryl methyl sites for hydroxylation is 1. The predicted molar refractivity (Wildman–Crippen MR) is 136 cm³/mol. The van der Waals surface area contributed by atoms with Crippen molar-refractivity contribution in [3.8, 4) is 11.6 Å². The number of carbonyl (C=O) groups excluding carboxylic acids is 2. The molecule has 2 amide bonds. The van der Waals surface area contributed by atoms with E-state index in [4.69, 9.17) is 28.6 Å². The highest BCUT2D eigenvalue weighted by Crippen LogP contribution is 2.32. The number of nitro groups is 1. The Kier molecular flexibility index (Phi) is 7.10. The lowest BCUT2D eigenvalue weighted by Gasteiger charge is -2.16. The van der Waals surface area contributed by atoms with Crippen LogP contribution >= 0.6 is 35.6 Å². The molecule has 1 aliphatic heterocycles. The highest BCUT2D eigenvalue weighted by molar-refractivity contribution is 8.26. The molecule has 0 unspecified atom stereocenters. The zero-order chi connectivity index (χ0) is 25.1. The molecule has 0 aliphatic carbocycles. The van der Waals surface area contributed by atoms with Gasteiger partial charge in [0.05, 0.1) is 20.4 Å². The topological polar surface area (TPSA) is 115 Å². The predicted octanol–water partition coefficient (Wildman–Crippen LogP) is 5.29. The number of hydrogen-bond donors (Lipinski definition) is 1. The third-order valence-corrected chi connectivity index (χ3v) is 6.32. The molecule has 2 heterocycles. The van der Waals surface area contributed by atoms with E-state index in [1.54, 1.807) is 48.5 Å². The van der Waals surface area contributed by atoms with Crippen molar-refractivity contribution in [1.82, 2.24) is 15.4 Å². The number of hydrazine groups is 1. The van der Waals surface area contributed by atoms with Gasteiger partial charge in [-0.2, -0.15) is 5.01 Å². The molecule has 35 heavy (non-hydrogen) atoms. The van der Waals surface area contributed by atoms with E-state index in [2.05, 4.69) is 10.4 Å². The summed E-state index contributed by atoms with van der Waals surface area (Å²) in [6, 6.07) is 14.4. The van der Waals surface area contributed by atoms with E-state index in [1.165, 1.54) is 12.1 Å². The quantitative estimate of drug-likeness (QED) is 0.199. The lowest BCUT2D eigenvalue weighted by Crippen LogP contribution is -2.44. The van der Waals surface area contributed by atoms with Gasteiger partial charge in [-0.1, -0.05) is 41.6 Å². The number of ether oxygens (including phenoxy) is 1. The first-order chi connectivity index (χ1) is 16.7. The van der Waals surface area contributed by atoms with Gasteiger partial charge in [0.1, 0.15) is 11.9 Å². The molecule has 1 aromatic heterocycles. The summed E-state index contributed by atoms with van der Waals surface area (Å²) in [6.07, 6.45) is 2.75. The maximum Gasteiger partial charge on any atom is 0.287 e. The number of rotatable bonds is 6. The van der Waals surface area contributed by atoms with Crippen LogP contribution < -0.4 is 10.2 Å². The molecule has 1 aliphatic rings. The minimum absolute atomic E-state index is 0.136. The van der Waals surface area contributed by atoms with Crippen molar-refractivity contribution in [2.75, 3.05) is 0 Å². The van der Waals surface area contributed by atoms with Gasteiger partial charge >= 0.3 is 0 Å². The van der Waals surface area contributed by atoms with Gasteiger partial charge in [-0.3, -0.25) is 25.1 Å². The van der Waals surface area contributed by atoms with Crippen LogP contribution in [0.2, 0.25) is 5.02 Å². The average Bonchev–Trinajstić information content (AvgIpc) is 3.08. The zero-order valence-corrected chi connectivity index (χ0v) is 20.3. The van der Waals surface area contributed by atoms with Crippen molar-refractivity contribution in [2.24, 2.45) is 0 Å². The van der Waals surface area contributed by atoms with Gasteiger partial charge < -0.3 is 4.74 Å². The largest absolute Gasteiger partial charge is 0.439 e. The Hall–Kier alpha value is -3.80. The molecule has 9 nitrogen and oxygen atoms in total. The Morgan fingerprint density at radius 1 is 1.23 bits per heavy atom. The summed E-state index contributed by atoms with van der Waals surface area (Å²) < 4.78 is 5.76. The fourth-order valence-electron chi connectivity index (χ4n) is 2.98. The highest BCUT2D eigenvalue weighted by atomic mass is 35.5. The van der Waals surface area contributed by atoms with Gasteiger partial charge in [-0.15, -0.1) is 0 Å². The first kappa shape index (κ1) is 24.3. The fourth-order valence-corrected chi connectivity index (χ4v) is 4.48. The summed E-state index contributed by atoms with van der Waals surface area (Å²) in [5.74, 6) is -0.354. The molecule has 1 saturated heterocycles. The van der Waals surface area contributed by atoms with Crippen LogP contribution in [0.3, 0.4) is 0 Å². The van der Waals surface area contributed by atoms with Gasteiger partial charge in [-0.05, 0) is 60.6 Å². The molecule has 0 spiro atoms. The molecule has 0 saturated carbocycles. The van der Waals surface area contributed by atoms with E-state index in [9.17, 15) is 19.7 Å². The van der Waals surface area contributed by atoms with Gasteiger partial charge in [0, 0.05) is 12.1 Å². The molecule has 1 fully saturated rings. The number of hydrogen-bond acceptors (Lipinski definition) is 8. The Morgan fingerprint density at radius 3 is 2.60 bits per heavy atom. The van der Waals surface area contributed by atoms with Gasteiger partial charge in [0.15, 0.2) is 4.32 Å². The lowest BCUT2D eigenvalue weighted by atomic mass is 10.1. The van der Waals surface area contributed by atoms with E-state index in [0.29, 0.717) is 16.2 Å². The van der Waals surface area contributed by atoms with E-state index in [-0.39, 0.29) is 26.5 Å². The molecule has 0 radical (unpaired) electrons. The third-order valence-electron chi connectivity index (χ3n) is 4.71. The zero-order valence-electron chi connectivity index (χ0n) is 17.9. The van der Waals surface area contributed by atoms with Crippen LogP contribution in [0.5, 0.6) is 11.6 Å². The summed E-state index contributed by atoms with van der Waals surface area (Å²) in [5, 5.41) is 12.0. The summed E-state index contributed by atoms with van der Waals surface area (Å²) in [7, 11) is 0. The van der Waals surface area contributed by atoms with Crippen molar-refractivity contribution in [3.05, 3.63) is 97.5 Å². The number of thiocarbonyl (C=S) groups is 1. The number of thioether (sulfide) groups is 1. The lowest BCUT2D eigenvalue weighted by molar-refractivity contribution is -0.385. The van der Waals surface area contributed by atoms with Crippen LogP contribution in [0.15, 0.2) is 65.7 Å². The van der Waals surface area contributed by atoms with Gasteiger partial charge in [0.25, 0.3) is 17.5 Å². The molecule has 4 rings (SSSR count). The number of halogens is 1. The number of carbonyl (C=O) groups is 2. The van der Waals surface area contributed by atoms with Crippen molar-refractivity contribution in [3.63, 3.8) is 0 Å². The molecule has 2 aromatic carbocycles. The summed E-state index contributed by atoms with van der Waals surface area (Å²) in [4.78, 5) is 39.8. The van der Waals surface area contributed by atoms with Crippen LogP contribution in [0, 0.1) is 17.0 Å². The van der Waals surface area contributed by atoms with E-state index in [1.807, 2.05) is 6.92 Å². The van der Waals surface area contributed by atoms with E-state index in [0.717, 1.165) is 28.5 Å². The highest BCUT2D eigenvalue weighted by Gasteiger charge is 2.34.